The zero-order chi connectivity index (χ0) is 19.8. The van der Waals surface area contributed by atoms with Crippen LogP contribution in [-0.2, 0) is 4.79 Å². The van der Waals surface area contributed by atoms with Crippen molar-refractivity contribution < 1.29 is 14.1 Å². The van der Waals surface area contributed by atoms with E-state index in [9.17, 15) is 4.79 Å². The predicted molar refractivity (Wildman–Crippen MR) is 108 cm³/mol. The average Bonchev–Trinajstić information content (AvgIpc) is 3.23. The molecule has 0 spiro atoms. The van der Waals surface area contributed by atoms with E-state index < -0.39 is 0 Å². The number of piperidine rings is 1. The summed E-state index contributed by atoms with van der Waals surface area (Å²) >= 11 is 0. The van der Waals surface area contributed by atoms with Crippen molar-refractivity contribution in [3.63, 3.8) is 0 Å². The van der Waals surface area contributed by atoms with Crippen LogP contribution in [0.25, 0.3) is 11.4 Å². The number of methoxy groups -OCH3 is 1. The van der Waals surface area contributed by atoms with E-state index in [1.54, 1.807) is 7.11 Å². The molecule has 6 nitrogen and oxygen atoms in total. The molecule has 0 saturated carbocycles. The number of amides is 1. The standard InChI is InChI=1S/C22H31N3O3/c1-3-4-5-6-7-14-20(26)25-15-9-8-13-19(25)22-23-21(24-28-22)17-11-10-12-18(16-17)27-2/h10-12,16,19H,3-9,13-15H2,1-2H3. The van der Waals surface area contributed by atoms with Gasteiger partial charge in [-0.15, -0.1) is 0 Å². The molecule has 1 saturated heterocycles. The molecule has 1 unspecified atom stereocenters. The summed E-state index contributed by atoms with van der Waals surface area (Å²) in [7, 11) is 1.63. The molecule has 1 aromatic carbocycles. The molecule has 3 rings (SSSR count). The van der Waals surface area contributed by atoms with Crippen LogP contribution in [0.5, 0.6) is 5.75 Å². The first-order valence-electron chi connectivity index (χ1n) is 10.5. The molecule has 1 aromatic heterocycles. The Morgan fingerprint density at radius 3 is 2.93 bits per heavy atom. The second kappa shape index (κ2) is 10.2. The molecular weight excluding hydrogens is 354 g/mol. The minimum absolute atomic E-state index is 0.108. The number of aromatic nitrogens is 2. The summed E-state index contributed by atoms with van der Waals surface area (Å²) in [4.78, 5) is 19.4. The molecule has 1 aliphatic heterocycles. The number of hydrogen-bond donors (Lipinski definition) is 0. The Bertz CT molecular complexity index is 759. The Kier molecular flexibility index (Phi) is 7.46. The van der Waals surface area contributed by atoms with Crippen molar-refractivity contribution in [2.24, 2.45) is 0 Å². The molecule has 28 heavy (non-hydrogen) atoms. The van der Waals surface area contributed by atoms with Gasteiger partial charge in [-0.1, -0.05) is 49.9 Å². The van der Waals surface area contributed by atoms with Gasteiger partial charge in [-0.2, -0.15) is 4.98 Å². The van der Waals surface area contributed by atoms with E-state index in [-0.39, 0.29) is 11.9 Å². The minimum Gasteiger partial charge on any atom is -0.497 e. The highest BCUT2D eigenvalue weighted by Crippen LogP contribution is 2.32. The van der Waals surface area contributed by atoms with Crippen molar-refractivity contribution in [2.45, 2.75) is 70.8 Å². The van der Waals surface area contributed by atoms with Gasteiger partial charge in [0, 0.05) is 18.5 Å². The lowest BCUT2D eigenvalue weighted by molar-refractivity contribution is -0.135. The Labute approximate surface area is 167 Å². The smallest absolute Gasteiger partial charge is 0.249 e. The fourth-order valence-electron chi connectivity index (χ4n) is 3.76. The van der Waals surface area contributed by atoms with Crippen molar-refractivity contribution in [1.82, 2.24) is 15.0 Å². The van der Waals surface area contributed by atoms with Crippen LogP contribution in [0.3, 0.4) is 0 Å². The first-order valence-corrected chi connectivity index (χ1v) is 10.5. The Morgan fingerprint density at radius 1 is 1.25 bits per heavy atom. The fraction of sp³-hybridized carbons (Fsp3) is 0.591. The monoisotopic (exact) mass is 385 g/mol. The molecule has 0 N–H and O–H groups in total. The van der Waals surface area contributed by atoms with Gasteiger partial charge in [0.1, 0.15) is 11.8 Å². The molecule has 2 aromatic rings. The summed E-state index contributed by atoms with van der Waals surface area (Å²) in [6, 6.07) is 7.49. The highest BCUT2D eigenvalue weighted by Gasteiger charge is 2.31. The van der Waals surface area contributed by atoms with Gasteiger partial charge in [-0.05, 0) is 37.8 Å². The van der Waals surface area contributed by atoms with Gasteiger partial charge in [-0.3, -0.25) is 4.79 Å². The van der Waals surface area contributed by atoms with Crippen LogP contribution in [0.4, 0.5) is 0 Å². The molecule has 152 valence electrons. The van der Waals surface area contributed by atoms with Crippen molar-refractivity contribution in [3.8, 4) is 17.1 Å². The number of likely N-dealkylation sites (tertiary alicyclic amines) is 1. The summed E-state index contributed by atoms with van der Waals surface area (Å²) in [6.07, 6.45) is 9.35. The van der Waals surface area contributed by atoms with E-state index in [4.69, 9.17) is 9.26 Å². The third-order valence-corrected chi connectivity index (χ3v) is 5.37. The van der Waals surface area contributed by atoms with Crippen molar-refractivity contribution >= 4 is 5.91 Å². The molecule has 0 bridgehead atoms. The van der Waals surface area contributed by atoms with Crippen molar-refractivity contribution in [3.05, 3.63) is 30.2 Å². The molecule has 6 heteroatoms. The predicted octanol–water partition coefficient (Wildman–Crippen LogP) is 5.16. The van der Waals surface area contributed by atoms with Crippen LogP contribution in [0.15, 0.2) is 28.8 Å². The Balaban J connectivity index is 1.66. The van der Waals surface area contributed by atoms with Gasteiger partial charge < -0.3 is 14.2 Å². The van der Waals surface area contributed by atoms with E-state index in [0.717, 1.165) is 50.0 Å². The summed E-state index contributed by atoms with van der Waals surface area (Å²) in [5.74, 6) is 2.03. The maximum atomic E-state index is 12.8. The number of benzene rings is 1. The minimum atomic E-state index is -0.108. The van der Waals surface area contributed by atoms with Crippen LogP contribution in [0, 0.1) is 0 Å². The molecule has 2 heterocycles. The SMILES string of the molecule is CCCCCCCC(=O)N1CCCCC1c1nc(-c2cccc(OC)c2)no1. The average molecular weight is 386 g/mol. The summed E-state index contributed by atoms with van der Waals surface area (Å²) < 4.78 is 10.8. The van der Waals surface area contributed by atoms with E-state index in [2.05, 4.69) is 17.1 Å². The van der Waals surface area contributed by atoms with Gasteiger partial charge in [0.15, 0.2) is 0 Å². The number of carbonyl (C=O) groups excluding carboxylic acids is 1. The number of nitrogens with zero attached hydrogens (tertiary/aromatic N) is 3. The normalized spacial score (nSPS) is 16.9. The third kappa shape index (κ3) is 5.12. The van der Waals surface area contributed by atoms with Crippen LogP contribution in [-0.4, -0.2) is 34.6 Å². The Morgan fingerprint density at radius 2 is 2.11 bits per heavy atom. The molecule has 1 aliphatic rings. The van der Waals surface area contributed by atoms with Gasteiger partial charge in [0.25, 0.3) is 0 Å². The molecular formula is C22H31N3O3. The highest BCUT2D eigenvalue weighted by molar-refractivity contribution is 5.76. The van der Waals surface area contributed by atoms with Gasteiger partial charge in [0.2, 0.25) is 17.6 Å². The van der Waals surface area contributed by atoms with E-state index in [1.807, 2.05) is 29.2 Å². The lowest BCUT2D eigenvalue weighted by Gasteiger charge is -2.33. The van der Waals surface area contributed by atoms with Gasteiger partial charge in [0.05, 0.1) is 7.11 Å². The second-order valence-corrected chi connectivity index (χ2v) is 7.45. The van der Waals surface area contributed by atoms with E-state index in [1.165, 1.54) is 19.3 Å². The van der Waals surface area contributed by atoms with Crippen LogP contribution >= 0.6 is 0 Å². The fourth-order valence-corrected chi connectivity index (χ4v) is 3.76. The molecule has 1 atom stereocenters. The zero-order valence-corrected chi connectivity index (χ0v) is 17.0. The number of hydrogen-bond acceptors (Lipinski definition) is 5. The first-order chi connectivity index (χ1) is 13.7. The van der Waals surface area contributed by atoms with Gasteiger partial charge in [-0.25, -0.2) is 0 Å². The maximum absolute atomic E-state index is 12.8. The van der Waals surface area contributed by atoms with E-state index >= 15 is 0 Å². The molecule has 0 radical (unpaired) electrons. The second-order valence-electron chi connectivity index (χ2n) is 7.45. The van der Waals surface area contributed by atoms with Crippen molar-refractivity contribution in [1.29, 1.82) is 0 Å². The summed E-state index contributed by atoms with van der Waals surface area (Å²) in [5, 5.41) is 4.15. The Hall–Kier alpha value is -2.37. The highest BCUT2D eigenvalue weighted by atomic mass is 16.5. The summed E-state index contributed by atoms with van der Waals surface area (Å²) in [5.41, 5.74) is 0.846. The number of unbranched alkanes of at least 4 members (excludes halogenated alkanes) is 4. The maximum Gasteiger partial charge on any atom is 0.249 e. The lowest BCUT2D eigenvalue weighted by atomic mass is 10.0. The van der Waals surface area contributed by atoms with Crippen LogP contribution in [0.1, 0.15) is 76.6 Å². The molecule has 1 fully saturated rings. The number of rotatable bonds is 9. The zero-order valence-electron chi connectivity index (χ0n) is 17.0. The van der Waals surface area contributed by atoms with Gasteiger partial charge >= 0.3 is 0 Å². The largest absolute Gasteiger partial charge is 0.497 e. The number of carbonyl (C=O) groups is 1. The van der Waals surface area contributed by atoms with Crippen LogP contribution in [0.2, 0.25) is 0 Å². The van der Waals surface area contributed by atoms with Crippen LogP contribution < -0.4 is 4.74 Å². The topological polar surface area (TPSA) is 68.5 Å². The van der Waals surface area contributed by atoms with Crippen molar-refractivity contribution in [2.75, 3.05) is 13.7 Å². The first kappa shape index (κ1) is 20.4. The molecule has 0 aliphatic carbocycles. The lowest BCUT2D eigenvalue weighted by Crippen LogP contribution is -2.38. The van der Waals surface area contributed by atoms with E-state index in [0.29, 0.717) is 18.1 Å². The quantitative estimate of drug-likeness (QED) is 0.558. The third-order valence-electron chi connectivity index (χ3n) is 5.37. The summed E-state index contributed by atoms with van der Waals surface area (Å²) in [6.45, 7) is 2.98. The molecule has 1 amide bonds. The number of ether oxygens (including phenoxy) is 1.